The van der Waals surface area contributed by atoms with Crippen LogP contribution in [-0.2, 0) is 0 Å². The molecule has 0 spiro atoms. The van der Waals surface area contributed by atoms with Crippen molar-refractivity contribution in [3.63, 3.8) is 0 Å². The minimum atomic E-state index is -1.63. The van der Waals surface area contributed by atoms with E-state index < -0.39 is 18.2 Å². The van der Waals surface area contributed by atoms with Crippen LogP contribution in [0.15, 0.2) is 12.5 Å². The Morgan fingerprint density at radius 2 is 1.86 bits per heavy atom. The topological polar surface area (TPSA) is 119 Å². The molecule has 0 aliphatic rings. The third-order valence-corrected chi connectivity index (χ3v) is 1.03. The summed E-state index contributed by atoms with van der Waals surface area (Å²) < 4.78 is 8.27. The Hall–Kier alpha value is -2.38. The number of hydrogen-bond acceptors (Lipinski definition) is 6. The highest BCUT2D eigenvalue weighted by molar-refractivity contribution is 5.65. The van der Waals surface area contributed by atoms with Gasteiger partial charge in [-0.3, -0.25) is 0 Å². The molecular formula is C6H4N2O6. The van der Waals surface area contributed by atoms with Crippen molar-refractivity contribution in [2.24, 2.45) is 0 Å². The Morgan fingerprint density at radius 1 is 1.21 bits per heavy atom. The van der Waals surface area contributed by atoms with Crippen LogP contribution in [0.1, 0.15) is 0 Å². The second kappa shape index (κ2) is 4.03. The summed E-state index contributed by atoms with van der Waals surface area (Å²) in [6, 6.07) is 0. The minimum absolute atomic E-state index is 0.387. The smallest absolute Gasteiger partial charge is 0.449 e. The molecule has 0 aliphatic carbocycles. The van der Waals surface area contributed by atoms with Gasteiger partial charge in [-0.05, 0) is 0 Å². The van der Waals surface area contributed by atoms with Gasteiger partial charge in [-0.25, -0.2) is 14.6 Å². The van der Waals surface area contributed by atoms with Crippen molar-refractivity contribution in [2.75, 3.05) is 0 Å². The SMILES string of the molecule is O=C(O)Oc1cncnc1OC(=O)O. The summed E-state index contributed by atoms with van der Waals surface area (Å²) >= 11 is 0. The fraction of sp³-hybridized carbons (Fsp3) is 0. The molecule has 0 aliphatic heterocycles. The van der Waals surface area contributed by atoms with Gasteiger partial charge in [0.25, 0.3) is 5.88 Å². The fourth-order valence-electron chi connectivity index (χ4n) is 0.629. The van der Waals surface area contributed by atoms with Gasteiger partial charge >= 0.3 is 12.3 Å². The van der Waals surface area contributed by atoms with E-state index in [1.165, 1.54) is 0 Å². The van der Waals surface area contributed by atoms with E-state index in [0.29, 0.717) is 0 Å². The molecule has 2 N–H and O–H groups in total. The van der Waals surface area contributed by atoms with Crippen LogP contribution in [-0.4, -0.2) is 32.5 Å². The van der Waals surface area contributed by atoms with E-state index in [9.17, 15) is 9.59 Å². The first kappa shape index (κ1) is 9.71. The summed E-state index contributed by atoms with van der Waals surface area (Å²) in [5, 5.41) is 16.5. The normalized spacial score (nSPS) is 9.14. The Bertz CT molecular complexity index is 330. The van der Waals surface area contributed by atoms with Crippen molar-refractivity contribution in [1.29, 1.82) is 0 Å². The number of hydrogen-bond donors (Lipinski definition) is 2. The standard InChI is InChI=1S/C6H4N2O6/c9-5(10)13-3-1-7-2-8-4(3)14-6(11)12/h1-2H,(H,9,10)(H,11,12). The van der Waals surface area contributed by atoms with E-state index in [2.05, 4.69) is 19.4 Å². The fourth-order valence-corrected chi connectivity index (χ4v) is 0.629. The number of ether oxygens (including phenoxy) is 2. The summed E-state index contributed by atoms with van der Waals surface area (Å²) in [5.74, 6) is -0.864. The molecule has 0 aromatic carbocycles. The average molecular weight is 200 g/mol. The van der Waals surface area contributed by atoms with Crippen LogP contribution in [0.4, 0.5) is 9.59 Å². The number of carboxylic acid groups (broad SMARTS) is 2. The molecule has 0 bridgehead atoms. The molecule has 0 saturated carbocycles. The Kier molecular flexibility index (Phi) is 2.79. The van der Waals surface area contributed by atoms with Crippen LogP contribution in [0.5, 0.6) is 11.6 Å². The van der Waals surface area contributed by atoms with Gasteiger partial charge in [0.15, 0.2) is 0 Å². The first-order valence-electron chi connectivity index (χ1n) is 3.21. The summed E-state index contributed by atoms with van der Waals surface area (Å²) in [5.41, 5.74) is 0. The maximum atomic E-state index is 10.1. The molecule has 8 heteroatoms. The maximum absolute atomic E-state index is 10.1. The molecule has 14 heavy (non-hydrogen) atoms. The third kappa shape index (κ3) is 2.59. The Labute approximate surface area is 76.7 Å². The summed E-state index contributed by atoms with van der Waals surface area (Å²) in [7, 11) is 0. The Morgan fingerprint density at radius 3 is 2.43 bits per heavy atom. The lowest BCUT2D eigenvalue weighted by atomic mass is 10.6. The van der Waals surface area contributed by atoms with Crippen LogP contribution in [0.3, 0.4) is 0 Å². The molecular weight excluding hydrogens is 196 g/mol. The van der Waals surface area contributed by atoms with Crippen LogP contribution in [0, 0.1) is 0 Å². The van der Waals surface area contributed by atoms with Gasteiger partial charge in [0.2, 0.25) is 5.75 Å². The number of rotatable bonds is 2. The molecule has 1 aromatic heterocycles. The van der Waals surface area contributed by atoms with Gasteiger partial charge in [-0.1, -0.05) is 0 Å². The van der Waals surface area contributed by atoms with E-state index in [0.717, 1.165) is 12.5 Å². The van der Waals surface area contributed by atoms with Crippen molar-refractivity contribution in [2.45, 2.75) is 0 Å². The quantitative estimate of drug-likeness (QED) is 0.665. The zero-order chi connectivity index (χ0) is 10.6. The first-order valence-corrected chi connectivity index (χ1v) is 3.21. The summed E-state index contributed by atoms with van der Waals surface area (Å²) in [4.78, 5) is 27.0. The van der Waals surface area contributed by atoms with Crippen LogP contribution in [0.2, 0.25) is 0 Å². The third-order valence-electron chi connectivity index (χ3n) is 1.03. The number of aromatic nitrogens is 2. The zero-order valence-electron chi connectivity index (χ0n) is 6.58. The molecule has 74 valence electrons. The highest BCUT2D eigenvalue weighted by Gasteiger charge is 2.13. The lowest BCUT2D eigenvalue weighted by Crippen LogP contribution is -2.09. The van der Waals surface area contributed by atoms with Crippen LogP contribution in [0.25, 0.3) is 0 Å². The minimum Gasteiger partial charge on any atom is -0.449 e. The van der Waals surface area contributed by atoms with Gasteiger partial charge in [-0.2, -0.15) is 4.98 Å². The highest BCUT2D eigenvalue weighted by Crippen LogP contribution is 2.22. The molecule has 0 amide bonds. The van der Waals surface area contributed by atoms with Crippen LogP contribution < -0.4 is 9.47 Å². The first-order chi connectivity index (χ1) is 6.59. The predicted octanol–water partition coefficient (Wildman–Crippen LogP) is 0.590. The number of carbonyl (C=O) groups is 2. The van der Waals surface area contributed by atoms with E-state index >= 15 is 0 Å². The molecule has 0 fully saturated rings. The molecule has 0 saturated heterocycles. The highest BCUT2D eigenvalue weighted by atomic mass is 16.7. The van der Waals surface area contributed by atoms with E-state index in [1.54, 1.807) is 0 Å². The second-order valence-electron chi connectivity index (χ2n) is 1.93. The largest absolute Gasteiger partial charge is 0.512 e. The molecule has 0 radical (unpaired) electrons. The van der Waals surface area contributed by atoms with Gasteiger partial charge in [0.05, 0.1) is 6.20 Å². The zero-order valence-corrected chi connectivity index (χ0v) is 6.58. The maximum Gasteiger partial charge on any atom is 0.512 e. The van der Waals surface area contributed by atoms with E-state index in [4.69, 9.17) is 10.2 Å². The molecule has 1 rings (SSSR count). The second-order valence-corrected chi connectivity index (χ2v) is 1.93. The molecule has 0 atom stereocenters. The van der Waals surface area contributed by atoms with Crippen LogP contribution >= 0.6 is 0 Å². The average Bonchev–Trinajstić information content (AvgIpc) is 2.06. The van der Waals surface area contributed by atoms with E-state index in [-0.39, 0.29) is 5.75 Å². The lowest BCUT2D eigenvalue weighted by molar-refractivity contribution is 0.130. The van der Waals surface area contributed by atoms with Gasteiger partial charge in [0, 0.05) is 0 Å². The van der Waals surface area contributed by atoms with Gasteiger partial charge in [-0.15, -0.1) is 0 Å². The summed E-state index contributed by atoms with van der Waals surface area (Å²) in [6.45, 7) is 0. The van der Waals surface area contributed by atoms with Crippen molar-refractivity contribution < 1.29 is 29.3 Å². The van der Waals surface area contributed by atoms with Crippen molar-refractivity contribution >= 4 is 12.3 Å². The molecule has 1 aromatic rings. The summed E-state index contributed by atoms with van der Waals surface area (Å²) in [6.07, 6.45) is -1.28. The van der Waals surface area contributed by atoms with Gasteiger partial charge in [0.1, 0.15) is 6.33 Å². The molecule has 8 nitrogen and oxygen atoms in total. The molecule has 1 heterocycles. The Balaban J connectivity index is 2.90. The monoisotopic (exact) mass is 200 g/mol. The molecule has 0 unspecified atom stereocenters. The lowest BCUT2D eigenvalue weighted by Gasteiger charge is -2.03. The number of nitrogens with zero attached hydrogens (tertiary/aromatic N) is 2. The van der Waals surface area contributed by atoms with Crippen molar-refractivity contribution in [3.8, 4) is 11.6 Å². The van der Waals surface area contributed by atoms with E-state index in [1.807, 2.05) is 0 Å². The predicted molar refractivity (Wildman–Crippen MR) is 39.3 cm³/mol. The van der Waals surface area contributed by atoms with Gasteiger partial charge < -0.3 is 19.7 Å². The van der Waals surface area contributed by atoms with Crippen molar-refractivity contribution in [1.82, 2.24) is 9.97 Å². The van der Waals surface area contributed by atoms with Crippen molar-refractivity contribution in [3.05, 3.63) is 12.5 Å².